The lowest BCUT2D eigenvalue weighted by atomic mass is 9.96. The predicted octanol–water partition coefficient (Wildman–Crippen LogP) is 1.91. The van der Waals surface area contributed by atoms with E-state index in [1.807, 2.05) is 42.5 Å². The van der Waals surface area contributed by atoms with Gasteiger partial charge in [0, 0.05) is 0 Å². The summed E-state index contributed by atoms with van der Waals surface area (Å²) in [5, 5.41) is 27.0. The van der Waals surface area contributed by atoms with E-state index >= 15 is 0 Å². The zero-order valence-electron chi connectivity index (χ0n) is 10.8. The summed E-state index contributed by atoms with van der Waals surface area (Å²) in [6.07, 6.45) is -1.77. The van der Waals surface area contributed by atoms with Gasteiger partial charge in [0.1, 0.15) is 5.92 Å². The Morgan fingerprint density at radius 2 is 1.45 bits per heavy atom. The van der Waals surface area contributed by atoms with Crippen LogP contribution in [0.5, 0.6) is 0 Å². The second kappa shape index (κ2) is 6.32. The van der Waals surface area contributed by atoms with Crippen LogP contribution in [0.4, 0.5) is 0 Å². The molecule has 0 aliphatic carbocycles. The van der Waals surface area contributed by atoms with E-state index in [1.165, 1.54) is 0 Å². The summed E-state index contributed by atoms with van der Waals surface area (Å²) in [6.45, 7) is 0. The van der Waals surface area contributed by atoms with Crippen LogP contribution in [0.3, 0.4) is 0 Å². The molecule has 0 heterocycles. The third-order valence-corrected chi connectivity index (χ3v) is 3.19. The number of carboxylic acid groups (broad SMARTS) is 1. The fourth-order valence-corrected chi connectivity index (χ4v) is 2.04. The van der Waals surface area contributed by atoms with E-state index < -0.39 is 18.2 Å². The maximum Gasteiger partial charge on any atom is 0.312 e. The molecule has 1 atom stereocenters. The van der Waals surface area contributed by atoms with Gasteiger partial charge in [-0.3, -0.25) is 4.79 Å². The lowest BCUT2D eigenvalue weighted by Gasteiger charge is -2.14. The number of benzene rings is 2. The first-order chi connectivity index (χ1) is 9.58. The predicted molar refractivity (Wildman–Crippen MR) is 74.9 cm³/mol. The molecule has 0 aliphatic heterocycles. The molecule has 0 radical (unpaired) electrons. The number of rotatable bonds is 5. The third-order valence-electron chi connectivity index (χ3n) is 3.19. The summed E-state index contributed by atoms with van der Waals surface area (Å²) < 4.78 is 0. The Morgan fingerprint density at radius 3 is 1.95 bits per heavy atom. The van der Waals surface area contributed by atoms with Crippen molar-refractivity contribution in [3.8, 4) is 11.1 Å². The Hall–Kier alpha value is -2.17. The molecule has 4 nitrogen and oxygen atoms in total. The maximum atomic E-state index is 10.9. The molecule has 2 aromatic carbocycles. The quantitative estimate of drug-likeness (QED) is 0.727. The van der Waals surface area contributed by atoms with Crippen molar-refractivity contribution >= 4 is 5.97 Å². The van der Waals surface area contributed by atoms with Crippen molar-refractivity contribution in [2.24, 2.45) is 5.92 Å². The standard InChI is InChI=1S/C16H16O4/c17-15(18)14(16(19)20)10-11-6-8-13(9-7-11)12-4-2-1-3-5-12/h1-9,14-15,17-18H,10H2,(H,19,20). The van der Waals surface area contributed by atoms with E-state index in [4.69, 9.17) is 15.3 Å². The smallest absolute Gasteiger partial charge is 0.312 e. The van der Waals surface area contributed by atoms with Crippen LogP contribution in [0, 0.1) is 5.92 Å². The van der Waals surface area contributed by atoms with E-state index in [2.05, 4.69) is 0 Å². The average Bonchev–Trinajstić information content (AvgIpc) is 2.45. The third kappa shape index (κ3) is 3.44. The molecule has 0 aromatic heterocycles. The van der Waals surface area contributed by atoms with Gasteiger partial charge in [0.05, 0.1) is 0 Å². The normalized spacial score (nSPS) is 12.3. The van der Waals surface area contributed by atoms with Gasteiger partial charge in [0.2, 0.25) is 0 Å². The van der Waals surface area contributed by atoms with Gasteiger partial charge in [-0.25, -0.2) is 0 Å². The molecule has 0 saturated carbocycles. The molecule has 0 spiro atoms. The minimum absolute atomic E-state index is 0.0854. The van der Waals surface area contributed by atoms with Crippen LogP contribution in [0.2, 0.25) is 0 Å². The first-order valence-electron chi connectivity index (χ1n) is 6.31. The minimum Gasteiger partial charge on any atom is -0.481 e. The summed E-state index contributed by atoms with van der Waals surface area (Å²) in [6, 6.07) is 17.2. The van der Waals surface area contributed by atoms with Gasteiger partial charge < -0.3 is 15.3 Å². The molecule has 0 saturated heterocycles. The largest absolute Gasteiger partial charge is 0.481 e. The SMILES string of the molecule is O=C(O)C(Cc1ccc(-c2ccccc2)cc1)C(O)O. The molecular weight excluding hydrogens is 256 g/mol. The maximum absolute atomic E-state index is 10.9. The van der Waals surface area contributed by atoms with Gasteiger partial charge in [-0.05, 0) is 23.1 Å². The second-order valence-electron chi connectivity index (χ2n) is 4.63. The van der Waals surface area contributed by atoms with Crippen molar-refractivity contribution in [2.45, 2.75) is 12.7 Å². The van der Waals surface area contributed by atoms with Crippen molar-refractivity contribution in [3.05, 3.63) is 60.2 Å². The van der Waals surface area contributed by atoms with Crippen molar-refractivity contribution in [2.75, 3.05) is 0 Å². The molecule has 104 valence electrons. The lowest BCUT2D eigenvalue weighted by molar-refractivity contribution is -0.158. The molecule has 0 fully saturated rings. The van der Waals surface area contributed by atoms with Crippen LogP contribution in [0.15, 0.2) is 54.6 Å². The van der Waals surface area contributed by atoms with Gasteiger partial charge in [-0.2, -0.15) is 0 Å². The van der Waals surface area contributed by atoms with Crippen LogP contribution in [-0.4, -0.2) is 27.6 Å². The topological polar surface area (TPSA) is 77.8 Å². The Morgan fingerprint density at radius 1 is 0.900 bits per heavy atom. The van der Waals surface area contributed by atoms with E-state index in [1.54, 1.807) is 12.1 Å². The lowest BCUT2D eigenvalue weighted by Crippen LogP contribution is -2.29. The van der Waals surface area contributed by atoms with Gasteiger partial charge >= 0.3 is 5.97 Å². The number of hydrogen-bond acceptors (Lipinski definition) is 3. The number of aliphatic hydroxyl groups is 2. The molecule has 2 aromatic rings. The highest BCUT2D eigenvalue weighted by atomic mass is 16.5. The van der Waals surface area contributed by atoms with Crippen molar-refractivity contribution in [1.82, 2.24) is 0 Å². The van der Waals surface area contributed by atoms with Crippen molar-refractivity contribution in [1.29, 1.82) is 0 Å². The molecular formula is C16H16O4. The Kier molecular flexibility index (Phi) is 4.50. The van der Waals surface area contributed by atoms with Gasteiger partial charge in [0.15, 0.2) is 6.29 Å². The number of carbonyl (C=O) groups is 1. The molecule has 0 bridgehead atoms. The van der Waals surface area contributed by atoms with Gasteiger partial charge in [0.25, 0.3) is 0 Å². The summed E-state index contributed by atoms with van der Waals surface area (Å²) in [4.78, 5) is 10.9. The van der Waals surface area contributed by atoms with Crippen LogP contribution in [-0.2, 0) is 11.2 Å². The van der Waals surface area contributed by atoms with E-state index in [9.17, 15) is 4.79 Å². The molecule has 20 heavy (non-hydrogen) atoms. The summed E-state index contributed by atoms with van der Waals surface area (Å²) in [5.41, 5.74) is 2.87. The average molecular weight is 272 g/mol. The molecule has 1 unspecified atom stereocenters. The molecule has 0 aliphatic rings. The van der Waals surface area contributed by atoms with Gasteiger partial charge in [-0.15, -0.1) is 0 Å². The zero-order chi connectivity index (χ0) is 14.5. The van der Waals surface area contributed by atoms with E-state index in [0.29, 0.717) is 0 Å². The fourth-order valence-electron chi connectivity index (χ4n) is 2.04. The van der Waals surface area contributed by atoms with Crippen LogP contribution < -0.4 is 0 Å². The van der Waals surface area contributed by atoms with Crippen molar-refractivity contribution in [3.63, 3.8) is 0 Å². The number of aliphatic carboxylic acids is 1. The molecule has 4 heteroatoms. The Balaban J connectivity index is 2.14. The minimum atomic E-state index is -1.86. The number of hydrogen-bond donors (Lipinski definition) is 3. The first kappa shape index (κ1) is 14.2. The van der Waals surface area contributed by atoms with E-state index in [-0.39, 0.29) is 6.42 Å². The Bertz CT molecular complexity index is 561. The summed E-state index contributed by atoms with van der Waals surface area (Å²) >= 11 is 0. The second-order valence-corrected chi connectivity index (χ2v) is 4.63. The fraction of sp³-hybridized carbons (Fsp3) is 0.188. The van der Waals surface area contributed by atoms with Crippen molar-refractivity contribution < 1.29 is 20.1 Å². The van der Waals surface area contributed by atoms with Gasteiger partial charge in [-0.1, -0.05) is 54.6 Å². The van der Waals surface area contributed by atoms with Crippen LogP contribution in [0.25, 0.3) is 11.1 Å². The van der Waals surface area contributed by atoms with Crippen LogP contribution in [0.1, 0.15) is 5.56 Å². The highest BCUT2D eigenvalue weighted by Crippen LogP contribution is 2.21. The highest BCUT2D eigenvalue weighted by molar-refractivity contribution is 5.71. The molecule has 0 amide bonds. The van der Waals surface area contributed by atoms with E-state index in [0.717, 1.165) is 16.7 Å². The summed E-state index contributed by atoms with van der Waals surface area (Å²) in [5.74, 6) is -2.43. The first-order valence-corrected chi connectivity index (χ1v) is 6.31. The molecule has 3 N–H and O–H groups in total. The van der Waals surface area contributed by atoms with Crippen LogP contribution >= 0.6 is 0 Å². The zero-order valence-corrected chi connectivity index (χ0v) is 10.8. The summed E-state index contributed by atoms with van der Waals surface area (Å²) in [7, 11) is 0. The Labute approximate surface area is 116 Å². The number of aliphatic hydroxyl groups excluding tert-OH is 1. The number of carboxylic acids is 1. The highest BCUT2D eigenvalue weighted by Gasteiger charge is 2.24. The molecule has 2 rings (SSSR count). The monoisotopic (exact) mass is 272 g/mol.